The molecule has 9 heteroatoms. The van der Waals surface area contributed by atoms with Gasteiger partial charge in [-0.15, -0.1) is 0 Å². The number of alkyl halides is 3. The number of halogens is 4. The molecule has 144 valence electrons. The van der Waals surface area contributed by atoms with Gasteiger partial charge >= 0.3 is 6.18 Å². The van der Waals surface area contributed by atoms with E-state index in [2.05, 4.69) is 5.32 Å². The van der Waals surface area contributed by atoms with Crippen LogP contribution in [0.1, 0.15) is 29.3 Å². The third kappa shape index (κ3) is 3.91. The molecule has 3 N–H and O–H groups in total. The first-order chi connectivity index (χ1) is 12.7. The molecule has 3 rings (SSSR count). The van der Waals surface area contributed by atoms with Crippen molar-refractivity contribution in [3.05, 3.63) is 62.6 Å². The van der Waals surface area contributed by atoms with Crippen molar-refractivity contribution >= 4 is 34.5 Å². The first kappa shape index (κ1) is 19.6. The summed E-state index contributed by atoms with van der Waals surface area (Å²) < 4.78 is 39.2. The Hall–Kier alpha value is -2.19. The number of nitrogens with two attached hydrogens (primary N) is 1. The molecule has 0 spiro atoms. The molecular weight excluding hydrogens is 399 g/mol. The van der Waals surface area contributed by atoms with Crippen LogP contribution in [-0.2, 0) is 6.18 Å². The second-order valence-corrected chi connectivity index (χ2v) is 7.32. The van der Waals surface area contributed by atoms with E-state index in [9.17, 15) is 18.0 Å². The summed E-state index contributed by atoms with van der Waals surface area (Å²) in [7, 11) is 0. The molecule has 2 aromatic rings. The predicted octanol–water partition coefficient (Wildman–Crippen LogP) is 4.94. The Morgan fingerprint density at radius 2 is 2.11 bits per heavy atom. The first-order valence-electron chi connectivity index (χ1n) is 8.14. The SMILES string of the molecule is CC1C(N)=C(Nc2ccsc2)CCN1C(=O)c1cccc(C(F)(F)F)c1Cl. The van der Waals surface area contributed by atoms with Gasteiger partial charge in [-0.1, -0.05) is 17.7 Å². The van der Waals surface area contributed by atoms with Crippen molar-refractivity contribution in [3.63, 3.8) is 0 Å². The number of carbonyl (C=O) groups excluding carboxylic acids is 1. The van der Waals surface area contributed by atoms with E-state index in [0.29, 0.717) is 18.7 Å². The average Bonchev–Trinajstić information content (AvgIpc) is 3.11. The van der Waals surface area contributed by atoms with Crippen molar-refractivity contribution in [2.45, 2.75) is 25.6 Å². The van der Waals surface area contributed by atoms with Crippen LogP contribution in [0.15, 0.2) is 46.4 Å². The van der Waals surface area contributed by atoms with Crippen LogP contribution in [0.3, 0.4) is 0 Å². The Kier molecular flexibility index (Phi) is 5.39. The summed E-state index contributed by atoms with van der Waals surface area (Å²) in [6, 6.07) is 4.77. The van der Waals surface area contributed by atoms with Gasteiger partial charge < -0.3 is 16.0 Å². The molecule has 1 atom stereocenters. The fraction of sp³-hybridized carbons (Fsp3) is 0.278. The number of carbonyl (C=O) groups is 1. The summed E-state index contributed by atoms with van der Waals surface area (Å²) >= 11 is 7.43. The smallest absolute Gasteiger partial charge is 0.399 e. The molecule has 0 aliphatic carbocycles. The van der Waals surface area contributed by atoms with Crippen LogP contribution >= 0.6 is 22.9 Å². The second kappa shape index (κ2) is 7.44. The van der Waals surface area contributed by atoms with Gasteiger partial charge in [-0.3, -0.25) is 4.79 Å². The molecular formula is C18H17ClF3N3OS. The standard InChI is InChI=1S/C18H17ClF3N3OS/c1-10-16(23)14(24-11-6-8-27-9-11)5-7-25(10)17(26)12-3-2-4-13(15(12)19)18(20,21)22/h2-4,6,8-10,24H,5,7,23H2,1H3. The Bertz CT molecular complexity index is 880. The fourth-order valence-electron chi connectivity index (χ4n) is 2.98. The molecule has 1 aliphatic heterocycles. The van der Waals surface area contributed by atoms with Gasteiger partial charge in [-0.25, -0.2) is 0 Å². The average molecular weight is 416 g/mol. The lowest BCUT2D eigenvalue weighted by atomic mass is 10.0. The normalized spacial score (nSPS) is 18.0. The molecule has 1 aromatic heterocycles. The Balaban J connectivity index is 1.86. The number of hydrogen-bond donors (Lipinski definition) is 2. The number of anilines is 1. The van der Waals surface area contributed by atoms with E-state index in [-0.39, 0.29) is 5.56 Å². The van der Waals surface area contributed by atoms with Gasteiger partial charge in [0.05, 0.1) is 27.9 Å². The molecule has 1 aromatic carbocycles. The summed E-state index contributed by atoms with van der Waals surface area (Å²) in [5, 5.41) is 6.50. The van der Waals surface area contributed by atoms with Crippen LogP contribution in [0, 0.1) is 0 Å². The lowest BCUT2D eigenvalue weighted by molar-refractivity contribution is -0.137. The Labute approximate surface area is 163 Å². The van der Waals surface area contributed by atoms with Crippen molar-refractivity contribution in [2.75, 3.05) is 11.9 Å². The lowest BCUT2D eigenvalue weighted by Crippen LogP contribution is -2.46. The van der Waals surface area contributed by atoms with Crippen molar-refractivity contribution < 1.29 is 18.0 Å². The minimum Gasteiger partial charge on any atom is -0.399 e. The van der Waals surface area contributed by atoms with Gasteiger partial charge in [0.2, 0.25) is 0 Å². The van der Waals surface area contributed by atoms with Gasteiger partial charge in [0.15, 0.2) is 0 Å². The van der Waals surface area contributed by atoms with E-state index in [1.54, 1.807) is 18.3 Å². The molecule has 0 saturated heterocycles. The van der Waals surface area contributed by atoms with E-state index in [4.69, 9.17) is 17.3 Å². The van der Waals surface area contributed by atoms with E-state index in [1.165, 1.54) is 17.0 Å². The third-order valence-electron chi connectivity index (χ3n) is 4.48. The lowest BCUT2D eigenvalue weighted by Gasteiger charge is -2.36. The molecule has 27 heavy (non-hydrogen) atoms. The van der Waals surface area contributed by atoms with Crippen molar-refractivity contribution in [2.24, 2.45) is 5.73 Å². The zero-order chi connectivity index (χ0) is 19.8. The van der Waals surface area contributed by atoms with E-state index in [0.717, 1.165) is 17.5 Å². The molecule has 2 heterocycles. The quantitative estimate of drug-likeness (QED) is 0.746. The van der Waals surface area contributed by atoms with Crippen LogP contribution in [0.25, 0.3) is 0 Å². The minimum atomic E-state index is -4.63. The molecule has 0 fully saturated rings. The monoisotopic (exact) mass is 415 g/mol. The molecule has 1 amide bonds. The summed E-state index contributed by atoms with van der Waals surface area (Å²) in [4.78, 5) is 14.3. The maximum Gasteiger partial charge on any atom is 0.417 e. The highest BCUT2D eigenvalue weighted by atomic mass is 35.5. The van der Waals surface area contributed by atoms with Gasteiger partial charge in [-0.2, -0.15) is 24.5 Å². The number of benzene rings is 1. The molecule has 4 nitrogen and oxygen atoms in total. The molecule has 1 aliphatic rings. The zero-order valence-electron chi connectivity index (χ0n) is 14.3. The van der Waals surface area contributed by atoms with Gasteiger partial charge in [-0.05, 0) is 30.5 Å². The van der Waals surface area contributed by atoms with Crippen LogP contribution in [0.2, 0.25) is 5.02 Å². The van der Waals surface area contributed by atoms with Crippen LogP contribution in [-0.4, -0.2) is 23.4 Å². The van der Waals surface area contributed by atoms with Crippen LogP contribution in [0.4, 0.5) is 18.9 Å². The predicted molar refractivity (Wildman–Crippen MR) is 101 cm³/mol. The number of nitrogens with one attached hydrogen (secondary N) is 1. The third-order valence-corrected chi connectivity index (χ3v) is 5.57. The first-order valence-corrected chi connectivity index (χ1v) is 9.46. The Morgan fingerprint density at radius 3 is 2.74 bits per heavy atom. The maximum absolute atomic E-state index is 13.1. The van der Waals surface area contributed by atoms with Gasteiger partial charge in [0.25, 0.3) is 5.91 Å². The number of rotatable bonds is 3. The summed E-state index contributed by atoms with van der Waals surface area (Å²) in [6.07, 6.45) is -4.16. The number of amides is 1. The molecule has 0 saturated carbocycles. The molecule has 0 radical (unpaired) electrons. The number of nitrogens with zero attached hydrogens (tertiary/aromatic N) is 1. The topological polar surface area (TPSA) is 58.4 Å². The van der Waals surface area contributed by atoms with Crippen LogP contribution in [0.5, 0.6) is 0 Å². The summed E-state index contributed by atoms with van der Waals surface area (Å²) in [5.74, 6) is -0.573. The maximum atomic E-state index is 13.1. The minimum absolute atomic E-state index is 0.180. The van der Waals surface area contributed by atoms with Crippen molar-refractivity contribution in [1.29, 1.82) is 0 Å². The van der Waals surface area contributed by atoms with Crippen LogP contribution < -0.4 is 11.1 Å². The number of thiophene rings is 1. The van der Waals surface area contributed by atoms with E-state index < -0.39 is 28.7 Å². The zero-order valence-corrected chi connectivity index (χ0v) is 15.9. The second-order valence-electron chi connectivity index (χ2n) is 6.16. The fourth-order valence-corrected chi connectivity index (χ4v) is 3.88. The van der Waals surface area contributed by atoms with Gasteiger partial charge in [0, 0.05) is 29.7 Å². The van der Waals surface area contributed by atoms with Crippen molar-refractivity contribution in [3.8, 4) is 0 Å². The molecule has 0 bridgehead atoms. The summed E-state index contributed by atoms with van der Waals surface area (Å²) in [6.45, 7) is 2.06. The van der Waals surface area contributed by atoms with Gasteiger partial charge in [0.1, 0.15) is 0 Å². The van der Waals surface area contributed by atoms with Crippen molar-refractivity contribution in [1.82, 2.24) is 4.90 Å². The number of hydrogen-bond acceptors (Lipinski definition) is 4. The van der Waals surface area contributed by atoms with E-state index >= 15 is 0 Å². The largest absolute Gasteiger partial charge is 0.417 e. The Morgan fingerprint density at radius 1 is 1.37 bits per heavy atom. The highest BCUT2D eigenvalue weighted by Gasteiger charge is 2.36. The molecule has 1 unspecified atom stereocenters. The van der Waals surface area contributed by atoms with E-state index in [1.807, 2.05) is 16.8 Å². The highest BCUT2D eigenvalue weighted by Crippen LogP contribution is 2.37. The highest BCUT2D eigenvalue weighted by molar-refractivity contribution is 7.08. The summed E-state index contributed by atoms with van der Waals surface area (Å²) in [5.41, 5.74) is 7.18.